The highest BCUT2D eigenvalue weighted by molar-refractivity contribution is 5.97. The predicted octanol–water partition coefficient (Wildman–Crippen LogP) is 2.78. The van der Waals surface area contributed by atoms with Crippen LogP contribution in [0.1, 0.15) is 48.2 Å². The molecule has 2 amide bonds. The van der Waals surface area contributed by atoms with Crippen LogP contribution < -0.4 is 4.74 Å². The van der Waals surface area contributed by atoms with Gasteiger partial charge in [0.25, 0.3) is 5.91 Å². The molecule has 0 unspecified atom stereocenters. The summed E-state index contributed by atoms with van der Waals surface area (Å²) in [4.78, 5) is 34.6. The van der Waals surface area contributed by atoms with Crippen LogP contribution in [0.5, 0.6) is 5.88 Å². The van der Waals surface area contributed by atoms with Crippen molar-refractivity contribution in [3.8, 4) is 17.7 Å². The summed E-state index contributed by atoms with van der Waals surface area (Å²) in [6.07, 6.45) is 3.26. The Morgan fingerprint density at radius 2 is 2.00 bits per heavy atom. The first-order valence-corrected chi connectivity index (χ1v) is 13.3. The molecule has 8 heteroatoms. The number of pyridine rings is 1. The third kappa shape index (κ3) is 6.72. The molecule has 0 saturated carbocycles. The summed E-state index contributed by atoms with van der Waals surface area (Å²) in [5.74, 6) is 6.17. The minimum absolute atomic E-state index is 0.0486. The molecule has 1 N–H and O–H groups in total. The minimum atomic E-state index is -0.383. The highest BCUT2D eigenvalue weighted by atomic mass is 16.5. The molecule has 4 rings (SSSR count). The topological polar surface area (TPSA) is 92.2 Å². The number of benzene rings is 1. The SMILES string of the molecule is C[C@H]1CN([C@@H](C)CO)C(=O)c2cc(C#CCc3ccccc3)cnc2O[C@H]1CN(C)C(=O)C1CCOCC1. The van der Waals surface area contributed by atoms with E-state index < -0.39 is 0 Å². The zero-order chi connectivity index (χ0) is 27.1. The van der Waals surface area contributed by atoms with Crippen molar-refractivity contribution >= 4 is 11.8 Å². The standard InChI is InChI=1S/C30H37N3O5/c1-21-18-33(22(2)20-34)30(36)26-16-24(11-7-10-23-8-5-4-6-9-23)17-31-28(26)38-27(21)19-32(3)29(35)25-12-14-37-15-13-25/h4-6,8-9,16-17,21-22,25,27,34H,10,12-15,18-20H2,1-3H3/t21-,22-,27-/m0/s1. The number of carbonyl (C=O) groups is 2. The fourth-order valence-electron chi connectivity index (χ4n) is 4.85. The van der Waals surface area contributed by atoms with Gasteiger partial charge in [0.15, 0.2) is 0 Å². The van der Waals surface area contributed by atoms with E-state index in [9.17, 15) is 14.7 Å². The van der Waals surface area contributed by atoms with Crippen molar-refractivity contribution in [2.75, 3.05) is 40.0 Å². The molecule has 2 aliphatic heterocycles. The molecule has 2 aliphatic rings. The Balaban J connectivity index is 1.58. The van der Waals surface area contributed by atoms with Crippen LogP contribution >= 0.6 is 0 Å². The average molecular weight is 520 g/mol. The first-order valence-electron chi connectivity index (χ1n) is 13.3. The number of ether oxygens (including phenoxy) is 2. The second-order valence-electron chi connectivity index (χ2n) is 10.3. The molecule has 38 heavy (non-hydrogen) atoms. The van der Waals surface area contributed by atoms with Gasteiger partial charge in [0.05, 0.1) is 19.2 Å². The summed E-state index contributed by atoms with van der Waals surface area (Å²) < 4.78 is 11.7. The molecule has 1 saturated heterocycles. The summed E-state index contributed by atoms with van der Waals surface area (Å²) >= 11 is 0. The second kappa shape index (κ2) is 12.9. The van der Waals surface area contributed by atoms with Gasteiger partial charge in [-0.1, -0.05) is 49.1 Å². The van der Waals surface area contributed by atoms with E-state index in [1.165, 1.54) is 0 Å². The number of rotatable bonds is 6. The van der Waals surface area contributed by atoms with Crippen molar-refractivity contribution in [3.05, 3.63) is 59.3 Å². The summed E-state index contributed by atoms with van der Waals surface area (Å²) in [6.45, 7) is 5.61. The van der Waals surface area contributed by atoms with E-state index in [1.807, 2.05) is 44.2 Å². The Morgan fingerprint density at radius 3 is 2.71 bits per heavy atom. The molecule has 2 aromatic rings. The van der Waals surface area contributed by atoms with E-state index in [-0.39, 0.29) is 48.3 Å². The highest BCUT2D eigenvalue weighted by Gasteiger charge is 2.35. The van der Waals surface area contributed by atoms with E-state index in [0.717, 1.165) is 18.4 Å². The Hall–Kier alpha value is -3.41. The van der Waals surface area contributed by atoms with Gasteiger partial charge in [-0.3, -0.25) is 9.59 Å². The van der Waals surface area contributed by atoms with Gasteiger partial charge in [0.2, 0.25) is 11.8 Å². The number of aromatic nitrogens is 1. The van der Waals surface area contributed by atoms with Crippen LogP contribution in [-0.4, -0.2) is 83.8 Å². The maximum absolute atomic E-state index is 13.6. The second-order valence-corrected chi connectivity index (χ2v) is 10.3. The largest absolute Gasteiger partial charge is 0.472 e. The summed E-state index contributed by atoms with van der Waals surface area (Å²) in [5.41, 5.74) is 2.04. The van der Waals surface area contributed by atoms with Crippen molar-refractivity contribution in [1.82, 2.24) is 14.8 Å². The maximum Gasteiger partial charge on any atom is 0.259 e. The number of aliphatic hydroxyl groups is 1. The molecule has 0 radical (unpaired) electrons. The van der Waals surface area contributed by atoms with Crippen molar-refractivity contribution < 1.29 is 24.2 Å². The fourth-order valence-corrected chi connectivity index (χ4v) is 4.85. The highest BCUT2D eigenvalue weighted by Crippen LogP contribution is 2.28. The van der Waals surface area contributed by atoms with Gasteiger partial charge in [-0.25, -0.2) is 4.98 Å². The number of likely N-dealkylation sites (N-methyl/N-ethyl adjacent to an activating group) is 1. The van der Waals surface area contributed by atoms with Crippen molar-refractivity contribution in [2.24, 2.45) is 11.8 Å². The van der Waals surface area contributed by atoms with Gasteiger partial charge in [-0.15, -0.1) is 0 Å². The summed E-state index contributed by atoms with van der Waals surface area (Å²) in [5, 5.41) is 9.88. The molecule has 3 atom stereocenters. The normalized spacial score (nSPS) is 20.7. The molecule has 0 bridgehead atoms. The van der Waals surface area contributed by atoms with Crippen LogP contribution in [0, 0.1) is 23.7 Å². The van der Waals surface area contributed by atoms with Crippen LogP contribution in [0.15, 0.2) is 42.6 Å². The number of nitrogens with zero attached hydrogens (tertiary/aromatic N) is 3. The molecule has 0 aliphatic carbocycles. The van der Waals surface area contributed by atoms with Crippen LogP contribution in [0.3, 0.4) is 0 Å². The molecule has 1 fully saturated rings. The molecule has 8 nitrogen and oxygen atoms in total. The Bertz CT molecular complexity index is 1170. The van der Waals surface area contributed by atoms with E-state index in [4.69, 9.17) is 9.47 Å². The monoisotopic (exact) mass is 519 g/mol. The lowest BCUT2D eigenvalue weighted by Crippen LogP contribution is -2.51. The van der Waals surface area contributed by atoms with E-state index in [1.54, 1.807) is 29.1 Å². The van der Waals surface area contributed by atoms with Gasteiger partial charge < -0.3 is 24.4 Å². The van der Waals surface area contributed by atoms with Gasteiger partial charge >= 0.3 is 0 Å². The number of aliphatic hydroxyl groups excluding tert-OH is 1. The van der Waals surface area contributed by atoms with Crippen LogP contribution in [0.4, 0.5) is 0 Å². The van der Waals surface area contributed by atoms with E-state index in [0.29, 0.717) is 43.9 Å². The van der Waals surface area contributed by atoms with Crippen molar-refractivity contribution in [3.63, 3.8) is 0 Å². The number of fused-ring (bicyclic) bond motifs is 1. The molecular weight excluding hydrogens is 482 g/mol. The Kier molecular flexibility index (Phi) is 9.38. The van der Waals surface area contributed by atoms with Gasteiger partial charge in [-0.05, 0) is 31.4 Å². The molecule has 202 valence electrons. The maximum atomic E-state index is 13.6. The zero-order valence-electron chi connectivity index (χ0n) is 22.4. The molecule has 1 aromatic carbocycles. The number of amides is 2. The molecular formula is C30H37N3O5. The lowest BCUT2D eigenvalue weighted by molar-refractivity contribution is -0.138. The molecule has 3 heterocycles. The quantitative estimate of drug-likeness (QED) is 0.590. The predicted molar refractivity (Wildman–Crippen MR) is 144 cm³/mol. The number of carbonyl (C=O) groups excluding carboxylic acids is 2. The van der Waals surface area contributed by atoms with Gasteiger partial charge in [0.1, 0.15) is 11.7 Å². The van der Waals surface area contributed by atoms with Crippen molar-refractivity contribution in [1.29, 1.82) is 0 Å². The van der Waals surface area contributed by atoms with Crippen molar-refractivity contribution in [2.45, 2.75) is 45.3 Å². The lowest BCUT2D eigenvalue weighted by Gasteiger charge is -2.38. The summed E-state index contributed by atoms with van der Waals surface area (Å²) in [7, 11) is 1.80. The minimum Gasteiger partial charge on any atom is -0.472 e. The molecule has 0 spiro atoms. The summed E-state index contributed by atoms with van der Waals surface area (Å²) in [6, 6.07) is 11.3. The first kappa shape index (κ1) is 27.6. The van der Waals surface area contributed by atoms with Gasteiger partial charge in [0, 0.05) is 56.8 Å². The zero-order valence-corrected chi connectivity index (χ0v) is 22.4. The third-order valence-corrected chi connectivity index (χ3v) is 7.29. The van der Waals surface area contributed by atoms with E-state index in [2.05, 4.69) is 16.8 Å². The lowest BCUT2D eigenvalue weighted by atomic mass is 9.97. The Morgan fingerprint density at radius 1 is 1.26 bits per heavy atom. The average Bonchev–Trinajstić information content (AvgIpc) is 2.95. The first-order chi connectivity index (χ1) is 18.4. The number of hydrogen-bond donors (Lipinski definition) is 1. The smallest absolute Gasteiger partial charge is 0.259 e. The van der Waals surface area contributed by atoms with Crippen LogP contribution in [0.25, 0.3) is 0 Å². The third-order valence-electron chi connectivity index (χ3n) is 7.29. The van der Waals surface area contributed by atoms with Crippen LogP contribution in [0.2, 0.25) is 0 Å². The van der Waals surface area contributed by atoms with Crippen LogP contribution in [-0.2, 0) is 16.0 Å². The fraction of sp³-hybridized carbons (Fsp3) is 0.500. The van der Waals surface area contributed by atoms with E-state index >= 15 is 0 Å². The molecule has 1 aromatic heterocycles. The Labute approximate surface area is 224 Å². The number of hydrogen-bond acceptors (Lipinski definition) is 6. The van der Waals surface area contributed by atoms with Gasteiger partial charge in [-0.2, -0.15) is 0 Å².